The summed E-state index contributed by atoms with van der Waals surface area (Å²) >= 11 is 1.90. The van der Waals surface area contributed by atoms with Crippen molar-refractivity contribution in [3.63, 3.8) is 0 Å². The molecule has 84 heavy (non-hydrogen) atoms. The van der Waals surface area contributed by atoms with Gasteiger partial charge in [-0.15, -0.1) is 0 Å². The van der Waals surface area contributed by atoms with Crippen molar-refractivity contribution in [3.05, 3.63) is 350 Å². The van der Waals surface area contributed by atoms with Crippen molar-refractivity contribution >= 4 is 113 Å². The molecule has 0 radical (unpaired) electrons. The molecular weight excluding hydrogens is 1070 g/mol. The highest BCUT2D eigenvalue weighted by Crippen LogP contribution is 2.60. The quantitative estimate of drug-likeness (QED) is 0.103. The predicted octanol–water partition coefficient (Wildman–Crippen LogP) is 13.8. The second kappa shape index (κ2) is 19.2. The smallest absolute Gasteiger partial charge is 0.179 e. The van der Waals surface area contributed by atoms with Gasteiger partial charge in [-0.1, -0.05) is 291 Å². The molecule has 0 saturated heterocycles. The van der Waals surface area contributed by atoms with Crippen LogP contribution in [0.25, 0.3) is 55.0 Å². The molecule has 2 aromatic heterocycles. The Morgan fingerprint density at radius 2 is 0.643 bits per heavy atom. The fourth-order valence-corrected chi connectivity index (χ4v) is 26.1. The molecule has 2 aliphatic heterocycles. The normalized spacial score (nSPS) is 13.3. The maximum atomic E-state index is 2.71. The molecule has 2 nitrogen and oxygen atoms in total. The minimum absolute atomic E-state index is 0.643. The number of fused-ring (bicyclic) bond motifs is 14. The van der Waals surface area contributed by atoms with Crippen LogP contribution >= 0.6 is 11.8 Å². The third kappa shape index (κ3) is 6.80. The van der Waals surface area contributed by atoms with Crippen molar-refractivity contribution < 1.29 is 0 Å². The fraction of sp³-hybridized carbons (Fsp3) is 0.0127. The van der Waals surface area contributed by atoms with Gasteiger partial charge in [0.15, 0.2) is 16.1 Å². The highest BCUT2D eigenvalue weighted by atomic mass is 32.2. The van der Waals surface area contributed by atoms with Gasteiger partial charge in [-0.25, -0.2) is 0 Å². The predicted molar refractivity (Wildman–Crippen MR) is 358 cm³/mol. The number of benzene rings is 13. The van der Waals surface area contributed by atoms with E-state index in [0.29, 0.717) is 0 Å². The van der Waals surface area contributed by atoms with Crippen LogP contribution in [-0.2, 0) is 5.41 Å². The van der Waals surface area contributed by atoms with Crippen molar-refractivity contribution in [1.29, 1.82) is 0 Å². The number of aromatic nitrogens is 2. The zero-order valence-corrected chi connectivity index (χ0v) is 48.8. The maximum absolute atomic E-state index is 3.26. The van der Waals surface area contributed by atoms with Crippen LogP contribution in [-0.4, -0.2) is 25.3 Å². The van der Waals surface area contributed by atoms with Crippen LogP contribution in [0.4, 0.5) is 0 Å². The first-order valence-electron chi connectivity index (χ1n) is 29.2. The van der Waals surface area contributed by atoms with Crippen LogP contribution < -0.4 is 41.5 Å². The molecule has 0 bridgehead atoms. The number of hydrogen-bond donors (Lipinski definition) is 0. The second-order valence-electron chi connectivity index (χ2n) is 22.6. The van der Waals surface area contributed by atoms with Gasteiger partial charge in [-0.3, -0.25) is 0 Å². The van der Waals surface area contributed by atoms with Gasteiger partial charge < -0.3 is 9.13 Å². The molecule has 17 rings (SSSR count). The molecule has 5 heteroatoms. The lowest BCUT2D eigenvalue weighted by Crippen LogP contribution is -2.74. The Labute approximate surface area is 495 Å². The molecule has 0 fully saturated rings. The summed E-state index contributed by atoms with van der Waals surface area (Å²) < 4.78 is 5.20. The van der Waals surface area contributed by atoms with Gasteiger partial charge >= 0.3 is 0 Å². The van der Waals surface area contributed by atoms with Gasteiger partial charge in [0.05, 0.1) is 33.2 Å². The molecule has 13 aromatic carbocycles. The van der Waals surface area contributed by atoms with Crippen molar-refractivity contribution in [2.75, 3.05) is 0 Å². The average molecular weight is 1120 g/mol. The maximum Gasteiger partial charge on any atom is 0.179 e. The molecule has 0 atom stereocenters. The van der Waals surface area contributed by atoms with Gasteiger partial charge in [0, 0.05) is 37.0 Å². The van der Waals surface area contributed by atoms with E-state index in [2.05, 4.69) is 337 Å². The fourth-order valence-electron chi connectivity index (χ4n) is 15.4. The average Bonchev–Trinajstić information content (AvgIpc) is 1.28. The van der Waals surface area contributed by atoms with Crippen molar-refractivity contribution in [3.8, 4) is 11.4 Å². The molecule has 0 aliphatic carbocycles. The summed E-state index contributed by atoms with van der Waals surface area (Å²) in [7, 11) is -6.23. The minimum atomic E-state index is -3.26. The monoisotopic (exact) mass is 1120 g/mol. The highest BCUT2D eigenvalue weighted by molar-refractivity contribution is 7.99. The molecule has 0 N–H and O–H groups in total. The topological polar surface area (TPSA) is 9.86 Å². The molecule has 0 unspecified atom stereocenters. The van der Waals surface area contributed by atoms with Gasteiger partial charge in [0.1, 0.15) is 0 Å². The molecule has 0 saturated carbocycles. The lowest BCUT2D eigenvalue weighted by Gasteiger charge is -2.46. The summed E-state index contributed by atoms with van der Waals surface area (Å²) in [4.78, 5) is 2.58. The summed E-state index contributed by atoms with van der Waals surface area (Å²) in [5, 5.41) is 15.8. The minimum Gasteiger partial charge on any atom is -0.309 e. The number of hydrogen-bond acceptors (Lipinski definition) is 1. The Morgan fingerprint density at radius 3 is 1.19 bits per heavy atom. The zero-order valence-electron chi connectivity index (χ0n) is 46.0. The first-order valence-corrected chi connectivity index (χ1v) is 34.0. The van der Waals surface area contributed by atoms with Crippen LogP contribution in [0.15, 0.2) is 337 Å². The van der Waals surface area contributed by atoms with E-state index in [1.165, 1.54) is 123 Å². The first kappa shape index (κ1) is 48.9. The van der Waals surface area contributed by atoms with Crippen LogP contribution in [0.5, 0.6) is 0 Å². The second-order valence-corrected chi connectivity index (χ2v) is 31.3. The van der Waals surface area contributed by atoms with E-state index in [1.807, 2.05) is 11.8 Å². The SMILES string of the molecule is c1ccc([Si](c2ccccc2)(c2cccc(-n3c4ccccc4c4ccccc43)c2)c2ccc3c(c2)-n2c4cc([Si](c5ccccc5)(c5ccccc5)c5ccccc5)ccc4c4cccc(c42)C32c3ccccc3Sc3ccccc32)cc1. The van der Waals surface area contributed by atoms with E-state index in [1.54, 1.807) is 0 Å². The molecular formula is C79H54N2SSi2. The largest absolute Gasteiger partial charge is 0.309 e. The standard InChI is InChI=1S/C79H54N2SSi2/c1-6-27-56(28-7-1)83(57-29-8-2-9-30-57,58-31-10-3-11-32-58)62-48-50-66-67-40-25-43-71-78(67)81(74(66)53-62)75-54-63(49-51-68(75)79(71)69-41-18-22-46-76(69)82-77-47-23-19-42-70(77)79)84(59-33-12-4-13-34-59,60-35-14-5-15-36-60)61-37-24-26-55(52-61)80-72-44-20-16-38-64(72)65-39-17-21-45-73(65)80/h1-54H. The van der Waals surface area contributed by atoms with Gasteiger partial charge in [0.25, 0.3) is 0 Å². The lowest BCUT2D eigenvalue weighted by atomic mass is 9.63. The van der Waals surface area contributed by atoms with Gasteiger partial charge in [-0.2, -0.15) is 0 Å². The van der Waals surface area contributed by atoms with E-state index >= 15 is 0 Å². The van der Waals surface area contributed by atoms with Crippen LogP contribution in [0.1, 0.15) is 22.3 Å². The Hall–Kier alpha value is -9.76. The first-order chi connectivity index (χ1) is 41.7. The van der Waals surface area contributed by atoms with Gasteiger partial charge in [0.2, 0.25) is 0 Å². The van der Waals surface area contributed by atoms with Crippen LogP contribution in [0.3, 0.4) is 0 Å². The summed E-state index contributed by atoms with van der Waals surface area (Å²) in [6, 6.07) is 125. The lowest BCUT2D eigenvalue weighted by molar-refractivity contribution is 0.690. The number of para-hydroxylation sites is 3. The molecule has 1 spiro atoms. The van der Waals surface area contributed by atoms with E-state index < -0.39 is 21.6 Å². The third-order valence-electron chi connectivity index (χ3n) is 18.7. The number of rotatable bonds is 9. The number of nitrogens with zero attached hydrogens (tertiary/aromatic N) is 2. The summed E-state index contributed by atoms with van der Waals surface area (Å²) in [6.45, 7) is 0. The Balaban J connectivity index is 1.02. The molecule has 2 aliphatic rings. The zero-order chi connectivity index (χ0) is 55.4. The van der Waals surface area contributed by atoms with Crippen molar-refractivity contribution in [2.24, 2.45) is 0 Å². The summed E-state index contributed by atoms with van der Waals surface area (Å²) in [5.41, 5.74) is 11.9. The summed E-state index contributed by atoms with van der Waals surface area (Å²) in [6.07, 6.45) is 0. The van der Waals surface area contributed by atoms with Crippen LogP contribution in [0, 0.1) is 0 Å². The summed E-state index contributed by atoms with van der Waals surface area (Å²) in [5.74, 6) is 0. The third-order valence-corrected chi connectivity index (χ3v) is 29.3. The Morgan fingerprint density at radius 1 is 0.250 bits per heavy atom. The highest BCUT2D eigenvalue weighted by Gasteiger charge is 2.51. The van der Waals surface area contributed by atoms with Crippen LogP contribution in [0.2, 0.25) is 0 Å². The van der Waals surface area contributed by atoms with E-state index in [-0.39, 0.29) is 0 Å². The van der Waals surface area contributed by atoms with E-state index in [9.17, 15) is 0 Å². The molecule has 15 aromatic rings. The van der Waals surface area contributed by atoms with E-state index in [0.717, 1.165) is 5.69 Å². The molecule has 394 valence electrons. The van der Waals surface area contributed by atoms with Crippen molar-refractivity contribution in [2.45, 2.75) is 15.2 Å². The molecule has 4 heterocycles. The molecule has 0 amide bonds. The van der Waals surface area contributed by atoms with Crippen molar-refractivity contribution in [1.82, 2.24) is 9.13 Å². The Kier molecular flexibility index (Phi) is 11.2. The van der Waals surface area contributed by atoms with Gasteiger partial charge in [-0.05, 0) is 112 Å². The Bertz CT molecular complexity index is 4820. The van der Waals surface area contributed by atoms with E-state index in [4.69, 9.17) is 0 Å².